The predicted octanol–water partition coefficient (Wildman–Crippen LogP) is 4.23. The van der Waals surface area contributed by atoms with Gasteiger partial charge in [-0.05, 0) is 23.6 Å². The fraction of sp³-hybridized carbons (Fsp3) is 0. The normalized spacial score (nSPS) is 9.64. The van der Waals surface area contributed by atoms with Crippen molar-refractivity contribution in [2.75, 3.05) is 0 Å². The monoisotopic (exact) mass is 204 g/mol. The standard InChI is InChI=1S/C8H6Cl2S/c1-2-11-8-4-3-6(9)5-7(8)10/h2-5H,1H2. The average Bonchev–Trinajstić information content (AvgIpc) is 1.95. The Morgan fingerprint density at radius 3 is 2.64 bits per heavy atom. The van der Waals surface area contributed by atoms with E-state index in [0.29, 0.717) is 10.0 Å². The summed E-state index contributed by atoms with van der Waals surface area (Å²) in [7, 11) is 0. The first-order valence-corrected chi connectivity index (χ1v) is 4.60. The number of thioether (sulfide) groups is 1. The molecule has 58 valence electrons. The van der Waals surface area contributed by atoms with Crippen LogP contribution in [0.3, 0.4) is 0 Å². The molecule has 1 aromatic rings. The molecule has 0 aliphatic heterocycles. The molecule has 0 heterocycles. The third-order valence-corrected chi connectivity index (χ3v) is 2.54. The summed E-state index contributed by atoms with van der Waals surface area (Å²) in [5.74, 6) is 0. The zero-order valence-electron chi connectivity index (χ0n) is 5.68. The average molecular weight is 205 g/mol. The van der Waals surface area contributed by atoms with E-state index in [1.165, 1.54) is 11.8 Å². The Balaban J connectivity index is 2.98. The van der Waals surface area contributed by atoms with Crippen molar-refractivity contribution >= 4 is 35.0 Å². The van der Waals surface area contributed by atoms with Gasteiger partial charge in [0.15, 0.2) is 0 Å². The Morgan fingerprint density at radius 2 is 2.09 bits per heavy atom. The molecule has 0 spiro atoms. The van der Waals surface area contributed by atoms with Gasteiger partial charge >= 0.3 is 0 Å². The van der Waals surface area contributed by atoms with E-state index in [1.807, 2.05) is 6.07 Å². The molecule has 0 unspecified atom stereocenters. The molecule has 0 bridgehead atoms. The van der Waals surface area contributed by atoms with Crippen molar-refractivity contribution in [3.05, 3.63) is 40.2 Å². The third-order valence-electron chi connectivity index (χ3n) is 1.10. The highest BCUT2D eigenvalue weighted by molar-refractivity contribution is 8.02. The molecular weight excluding hydrogens is 199 g/mol. The van der Waals surface area contributed by atoms with Crippen LogP contribution in [0.15, 0.2) is 35.1 Å². The Bertz CT molecular complexity index is 271. The SMILES string of the molecule is C=CSc1ccc(Cl)cc1Cl. The number of halogens is 2. The lowest BCUT2D eigenvalue weighted by atomic mass is 10.4. The van der Waals surface area contributed by atoms with Gasteiger partial charge in [0.2, 0.25) is 0 Å². The third kappa shape index (κ3) is 2.44. The van der Waals surface area contributed by atoms with Gasteiger partial charge in [0.25, 0.3) is 0 Å². The van der Waals surface area contributed by atoms with Crippen molar-refractivity contribution < 1.29 is 0 Å². The second kappa shape index (κ2) is 4.05. The number of benzene rings is 1. The lowest BCUT2D eigenvalue weighted by molar-refractivity contribution is 1.47. The first kappa shape index (κ1) is 8.98. The van der Waals surface area contributed by atoms with Crippen LogP contribution in [0.2, 0.25) is 10.0 Å². The summed E-state index contributed by atoms with van der Waals surface area (Å²) in [4.78, 5) is 0.978. The van der Waals surface area contributed by atoms with Crippen molar-refractivity contribution in [1.82, 2.24) is 0 Å². The van der Waals surface area contributed by atoms with Gasteiger partial charge in [-0.1, -0.05) is 41.5 Å². The number of rotatable bonds is 2. The van der Waals surface area contributed by atoms with Crippen LogP contribution < -0.4 is 0 Å². The minimum Gasteiger partial charge on any atom is -0.0971 e. The van der Waals surface area contributed by atoms with Crippen LogP contribution in [-0.4, -0.2) is 0 Å². The van der Waals surface area contributed by atoms with E-state index in [0.717, 1.165) is 4.90 Å². The van der Waals surface area contributed by atoms with E-state index in [1.54, 1.807) is 17.5 Å². The van der Waals surface area contributed by atoms with Crippen molar-refractivity contribution in [3.8, 4) is 0 Å². The van der Waals surface area contributed by atoms with E-state index in [9.17, 15) is 0 Å². The van der Waals surface area contributed by atoms with Crippen LogP contribution >= 0.6 is 35.0 Å². The summed E-state index contributed by atoms with van der Waals surface area (Å²) >= 11 is 13.0. The van der Waals surface area contributed by atoms with Crippen molar-refractivity contribution in [3.63, 3.8) is 0 Å². The molecule has 0 amide bonds. The molecule has 0 fully saturated rings. The smallest absolute Gasteiger partial charge is 0.0560 e. The zero-order chi connectivity index (χ0) is 8.27. The molecule has 0 saturated carbocycles. The summed E-state index contributed by atoms with van der Waals surface area (Å²) in [5, 5.41) is 3.06. The molecule has 0 atom stereocenters. The molecule has 1 aromatic carbocycles. The topological polar surface area (TPSA) is 0 Å². The molecule has 0 nitrogen and oxygen atoms in total. The lowest BCUT2D eigenvalue weighted by Crippen LogP contribution is -1.71. The molecule has 0 saturated heterocycles. The van der Waals surface area contributed by atoms with E-state index >= 15 is 0 Å². The van der Waals surface area contributed by atoms with Crippen molar-refractivity contribution in [1.29, 1.82) is 0 Å². The summed E-state index contributed by atoms with van der Waals surface area (Å²) < 4.78 is 0. The van der Waals surface area contributed by atoms with Crippen LogP contribution in [0.25, 0.3) is 0 Å². The van der Waals surface area contributed by atoms with Gasteiger partial charge in [-0.2, -0.15) is 0 Å². The maximum atomic E-state index is 5.86. The van der Waals surface area contributed by atoms with Gasteiger partial charge in [0.1, 0.15) is 0 Å². The zero-order valence-corrected chi connectivity index (χ0v) is 8.01. The highest BCUT2D eigenvalue weighted by Crippen LogP contribution is 2.29. The second-order valence-electron chi connectivity index (χ2n) is 1.86. The predicted molar refractivity (Wildman–Crippen MR) is 52.5 cm³/mol. The molecule has 1 rings (SSSR count). The first-order valence-electron chi connectivity index (χ1n) is 2.96. The molecule has 0 N–H and O–H groups in total. The van der Waals surface area contributed by atoms with Crippen molar-refractivity contribution in [2.45, 2.75) is 4.90 Å². The molecular formula is C8H6Cl2S. The van der Waals surface area contributed by atoms with Crippen LogP contribution in [0.5, 0.6) is 0 Å². The summed E-state index contributed by atoms with van der Waals surface area (Å²) in [5.41, 5.74) is 0. The summed E-state index contributed by atoms with van der Waals surface area (Å²) in [6.07, 6.45) is 0. The molecule has 0 aromatic heterocycles. The van der Waals surface area contributed by atoms with Gasteiger partial charge in [0.05, 0.1) is 5.02 Å². The van der Waals surface area contributed by atoms with E-state index in [4.69, 9.17) is 23.2 Å². The first-order chi connectivity index (χ1) is 5.24. The van der Waals surface area contributed by atoms with Crippen LogP contribution in [-0.2, 0) is 0 Å². The van der Waals surface area contributed by atoms with Gasteiger partial charge in [-0.25, -0.2) is 0 Å². The van der Waals surface area contributed by atoms with Crippen LogP contribution in [0, 0.1) is 0 Å². The van der Waals surface area contributed by atoms with Crippen LogP contribution in [0.1, 0.15) is 0 Å². The Kier molecular flexibility index (Phi) is 3.31. The largest absolute Gasteiger partial charge is 0.0971 e. The molecule has 0 radical (unpaired) electrons. The highest BCUT2D eigenvalue weighted by Gasteiger charge is 1.98. The fourth-order valence-electron chi connectivity index (χ4n) is 0.661. The Labute approximate surface area is 80.2 Å². The minimum atomic E-state index is 0.656. The molecule has 11 heavy (non-hydrogen) atoms. The second-order valence-corrected chi connectivity index (χ2v) is 3.71. The molecule has 0 aliphatic carbocycles. The highest BCUT2D eigenvalue weighted by atomic mass is 35.5. The minimum absolute atomic E-state index is 0.656. The number of hydrogen-bond donors (Lipinski definition) is 0. The van der Waals surface area contributed by atoms with Gasteiger partial charge in [-0.3, -0.25) is 0 Å². The number of hydrogen-bond acceptors (Lipinski definition) is 1. The fourth-order valence-corrected chi connectivity index (χ4v) is 1.70. The van der Waals surface area contributed by atoms with Gasteiger partial charge < -0.3 is 0 Å². The van der Waals surface area contributed by atoms with Gasteiger partial charge in [-0.15, -0.1) is 0 Å². The quantitative estimate of drug-likeness (QED) is 0.651. The van der Waals surface area contributed by atoms with E-state index in [2.05, 4.69) is 6.58 Å². The summed E-state index contributed by atoms with van der Waals surface area (Å²) in [6, 6.07) is 5.39. The Hall–Kier alpha value is -0.110. The van der Waals surface area contributed by atoms with E-state index < -0.39 is 0 Å². The maximum absolute atomic E-state index is 5.86. The van der Waals surface area contributed by atoms with Crippen molar-refractivity contribution in [2.24, 2.45) is 0 Å². The van der Waals surface area contributed by atoms with Crippen LogP contribution in [0.4, 0.5) is 0 Å². The lowest BCUT2D eigenvalue weighted by Gasteiger charge is -1.98. The molecule has 3 heteroatoms. The summed E-state index contributed by atoms with van der Waals surface area (Å²) in [6.45, 7) is 3.59. The van der Waals surface area contributed by atoms with Gasteiger partial charge in [0, 0.05) is 9.92 Å². The van der Waals surface area contributed by atoms with E-state index in [-0.39, 0.29) is 0 Å². The maximum Gasteiger partial charge on any atom is 0.0560 e. The Morgan fingerprint density at radius 1 is 1.36 bits per heavy atom. The molecule has 0 aliphatic rings.